The first-order chi connectivity index (χ1) is 17.3. The van der Waals surface area contributed by atoms with Crippen molar-refractivity contribution in [3.8, 4) is 11.5 Å². The number of methoxy groups -OCH3 is 1. The maximum atomic E-state index is 13.3. The second-order valence-electron chi connectivity index (χ2n) is 8.49. The van der Waals surface area contributed by atoms with Gasteiger partial charge in [0, 0.05) is 6.54 Å². The zero-order valence-electron chi connectivity index (χ0n) is 19.9. The molecule has 9 heteroatoms. The molecule has 0 spiro atoms. The van der Waals surface area contributed by atoms with E-state index in [1.54, 1.807) is 18.2 Å². The van der Waals surface area contributed by atoms with Crippen molar-refractivity contribution in [2.75, 3.05) is 13.7 Å². The van der Waals surface area contributed by atoms with Crippen LogP contribution in [0.15, 0.2) is 72.8 Å². The van der Waals surface area contributed by atoms with Gasteiger partial charge in [0.05, 0.1) is 7.11 Å². The topological polar surface area (TPSA) is 97.0 Å². The van der Waals surface area contributed by atoms with Gasteiger partial charge in [0.25, 0.3) is 5.91 Å². The van der Waals surface area contributed by atoms with Crippen LogP contribution in [-0.2, 0) is 28.3 Å². The lowest BCUT2D eigenvalue weighted by molar-refractivity contribution is -0.134. The fourth-order valence-electron chi connectivity index (χ4n) is 3.90. The van der Waals surface area contributed by atoms with Crippen LogP contribution >= 0.6 is 0 Å². The van der Waals surface area contributed by atoms with Gasteiger partial charge >= 0.3 is 6.03 Å². The van der Waals surface area contributed by atoms with Gasteiger partial charge in [-0.15, -0.1) is 0 Å². The summed E-state index contributed by atoms with van der Waals surface area (Å²) in [7, 11) is 1.53. The van der Waals surface area contributed by atoms with Gasteiger partial charge in [-0.3, -0.25) is 14.5 Å². The molecule has 3 aromatic carbocycles. The molecule has 3 aromatic rings. The standard InChI is InChI=1S/C27H26FN3O5/c1-27(20-9-11-21(28)12-10-20)25(33)31(26(34)30-27)16-24(32)29-15-19-8-13-22(23(14-19)35-2)36-17-18-6-4-3-5-7-18/h3-14H,15-17H2,1-2H3,(H,29,32)(H,30,34). The van der Waals surface area contributed by atoms with Crippen molar-refractivity contribution in [3.05, 3.63) is 95.3 Å². The van der Waals surface area contributed by atoms with Gasteiger partial charge in [0.2, 0.25) is 5.91 Å². The number of urea groups is 1. The zero-order valence-corrected chi connectivity index (χ0v) is 19.9. The van der Waals surface area contributed by atoms with Crippen LogP contribution in [0.4, 0.5) is 9.18 Å². The Balaban J connectivity index is 1.35. The van der Waals surface area contributed by atoms with Gasteiger partial charge in [0.15, 0.2) is 11.5 Å². The number of ether oxygens (including phenoxy) is 2. The third kappa shape index (κ3) is 5.30. The second-order valence-corrected chi connectivity index (χ2v) is 8.49. The van der Waals surface area contributed by atoms with Gasteiger partial charge in [-0.1, -0.05) is 48.5 Å². The fourth-order valence-corrected chi connectivity index (χ4v) is 3.90. The average Bonchev–Trinajstić information content (AvgIpc) is 3.11. The molecule has 2 N–H and O–H groups in total. The average molecular weight is 492 g/mol. The Kier molecular flexibility index (Phi) is 7.19. The minimum atomic E-state index is -1.38. The predicted octanol–water partition coefficient (Wildman–Crippen LogP) is 3.50. The molecular formula is C27H26FN3O5. The van der Waals surface area contributed by atoms with Crippen LogP contribution in [0.25, 0.3) is 0 Å². The van der Waals surface area contributed by atoms with Crippen LogP contribution in [0.2, 0.25) is 0 Å². The SMILES string of the molecule is COc1cc(CNC(=O)CN2C(=O)NC(C)(c3ccc(F)cc3)C2=O)ccc1OCc1ccccc1. The quantitative estimate of drug-likeness (QED) is 0.447. The lowest BCUT2D eigenvalue weighted by Gasteiger charge is -2.22. The van der Waals surface area contributed by atoms with Crippen LogP contribution in [-0.4, -0.2) is 36.4 Å². The molecule has 1 aliphatic rings. The molecule has 1 aliphatic heterocycles. The van der Waals surface area contributed by atoms with E-state index in [1.807, 2.05) is 30.3 Å². The van der Waals surface area contributed by atoms with Crippen molar-refractivity contribution in [1.82, 2.24) is 15.5 Å². The predicted molar refractivity (Wildman–Crippen MR) is 130 cm³/mol. The first-order valence-electron chi connectivity index (χ1n) is 11.3. The van der Waals surface area contributed by atoms with Crippen LogP contribution in [0.1, 0.15) is 23.6 Å². The molecule has 8 nitrogen and oxygen atoms in total. The molecule has 0 aromatic heterocycles. The van der Waals surface area contributed by atoms with E-state index in [4.69, 9.17) is 9.47 Å². The Hall–Kier alpha value is -4.40. The molecule has 1 saturated heterocycles. The highest BCUT2D eigenvalue weighted by atomic mass is 19.1. The molecule has 36 heavy (non-hydrogen) atoms. The number of carbonyl (C=O) groups excluding carboxylic acids is 3. The number of nitrogens with one attached hydrogen (secondary N) is 2. The number of amides is 4. The Morgan fingerprint density at radius 3 is 2.42 bits per heavy atom. The lowest BCUT2D eigenvalue weighted by atomic mass is 9.92. The summed E-state index contributed by atoms with van der Waals surface area (Å²) in [5.74, 6) is -0.471. The van der Waals surface area contributed by atoms with Gasteiger partial charge in [-0.2, -0.15) is 0 Å². The van der Waals surface area contributed by atoms with Crippen molar-refractivity contribution in [2.45, 2.75) is 25.6 Å². The highest BCUT2D eigenvalue weighted by Gasteiger charge is 2.49. The molecule has 1 unspecified atom stereocenters. The van der Waals surface area contributed by atoms with Crippen LogP contribution in [0, 0.1) is 5.82 Å². The molecule has 4 amide bonds. The minimum absolute atomic E-state index is 0.160. The van der Waals surface area contributed by atoms with E-state index in [-0.39, 0.29) is 6.54 Å². The Morgan fingerprint density at radius 1 is 1.00 bits per heavy atom. The normalized spacial score (nSPS) is 17.0. The maximum Gasteiger partial charge on any atom is 0.325 e. The Labute approximate surface area is 208 Å². The summed E-state index contributed by atoms with van der Waals surface area (Å²) in [6.07, 6.45) is 0. The van der Waals surface area contributed by atoms with Crippen LogP contribution < -0.4 is 20.1 Å². The number of imide groups is 1. The van der Waals surface area contributed by atoms with Gasteiger partial charge in [-0.05, 0) is 47.9 Å². The number of hydrogen-bond donors (Lipinski definition) is 2. The summed E-state index contributed by atoms with van der Waals surface area (Å²) in [6, 6.07) is 19.6. The van der Waals surface area contributed by atoms with Crippen molar-refractivity contribution < 1.29 is 28.2 Å². The summed E-state index contributed by atoms with van der Waals surface area (Å²) < 4.78 is 24.5. The highest BCUT2D eigenvalue weighted by Crippen LogP contribution is 2.30. The van der Waals surface area contributed by atoms with Gasteiger partial charge in [0.1, 0.15) is 24.5 Å². The molecule has 1 atom stereocenters. The molecule has 1 heterocycles. The number of halogens is 1. The fraction of sp³-hybridized carbons (Fsp3) is 0.222. The van der Waals surface area contributed by atoms with Crippen molar-refractivity contribution in [2.24, 2.45) is 0 Å². The Morgan fingerprint density at radius 2 is 1.72 bits per heavy atom. The first kappa shape index (κ1) is 24.7. The lowest BCUT2D eigenvalue weighted by Crippen LogP contribution is -2.43. The number of hydrogen-bond acceptors (Lipinski definition) is 5. The molecule has 0 aliphatic carbocycles. The summed E-state index contributed by atoms with van der Waals surface area (Å²) >= 11 is 0. The van der Waals surface area contributed by atoms with E-state index >= 15 is 0 Å². The van der Waals surface area contributed by atoms with E-state index in [1.165, 1.54) is 38.3 Å². The molecule has 0 bridgehead atoms. The minimum Gasteiger partial charge on any atom is -0.493 e. The van der Waals surface area contributed by atoms with E-state index in [0.717, 1.165) is 16.0 Å². The monoisotopic (exact) mass is 491 g/mol. The van der Waals surface area contributed by atoms with E-state index < -0.39 is 35.7 Å². The summed E-state index contributed by atoms with van der Waals surface area (Å²) in [5.41, 5.74) is 0.813. The van der Waals surface area contributed by atoms with Crippen LogP contribution in [0.5, 0.6) is 11.5 Å². The third-order valence-electron chi connectivity index (χ3n) is 5.95. The van der Waals surface area contributed by atoms with Crippen molar-refractivity contribution >= 4 is 17.8 Å². The van der Waals surface area contributed by atoms with Gasteiger partial charge in [-0.25, -0.2) is 9.18 Å². The summed E-state index contributed by atoms with van der Waals surface area (Å²) in [5, 5.41) is 5.31. The molecule has 0 radical (unpaired) electrons. The number of benzene rings is 3. The number of nitrogens with zero attached hydrogens (tertiary/aromatic N) is 1. The Bertz CT molecular complexity index is 1270. The molecular weight excluding hydrogens is 465 g/mol. The summed E-state index contributed by atoms with van der Waals surface area (Å²) in [4.78, 5) is 38.8. The molecule has 0 saturated carbocycles. The number of carbonyl (C=O) groups is 3. The largest absolute Gasteiger partial charge is 0.493 e. The number of rotatable bonds is 9. The van der Waals surface area contributed by atoms with Crippen molar-refractivity contribution in [3.63, 3.8) is 0 Å². The van der Waals surface area contributed by atoms with Crippen molar-refractivity contribution in [1.29, 1.82) is 0 Å². The highest BCUT2D eigenvalue weighted by molar-refractivity contribution is 6.09. The second kappa shape index (κ2) is 10.5. The summed E-state index contributed by atoms with van der Waals surface area (Å²) in [6.45, 7) is 1.62. The zero-order chi connectivity index (χ0) is 25.7. The smallest absolute Gasteiger partial charge is 0.325 e. The molecule has 4 rings (SSSR count). The maximum absolute atomic E-state index is 13.3. The first-order valence-corrected chi connectivity index (χ1v) is 11.3. The third-order valence-corrected chi connectivity index (χ3v) is 5.95. The molecule has 1 fully saturated rings. The van der Waals surface area contributed by atoms with Crippen LogP contribution in [0.3, 0.4) is 0 Å². The van der Waals surface area contributed by atoms with E-state index in [9.17, 15) is 18.8 Å². The van der Waals surface area contributed by atoms with E-state index in [0.29, 0.717) is 23.7 Å². The molecule has 186 valence electrons. The van der Waals surface area contributed by atoms with Gasteiger partial charge < -0.3 is 20.1 Å². The van der Waals surface area contributed by atoms with E-state index in [2.05, 4.69) is 10.6 Å².